The minimum atomic E-state index is -0.332. The van der Waals surface area contributed by atoms with Crippen LogP contribution in [0.15, 0.2) is 24.8 Å². The Morgan fingerprint density at radius 1 is 1.50 bits per heavy atom. The van der Waals surface area contributed by atoms with Crippen molar-refractivity contribution in [3.63, 3.8) is 0 Å². The minimum absolute atomic E-state index is 0.332. The summed E-state index contributed by atoms with van der Waals surface area (Å²) in [7, 11) is 1.54. The second-order valence-electron chi connectivity index (χ2n) is 2.77. The van der Waals surface area contributed by atoms with Crippen LogP contribution < -0.4 is 10.5 Å². The number of halogens is 2. The molecule has 0 radical (unpaired) electrons. The molecule has 0 heterocycles. The number of hydrogen-bond donors (Lipinski definition) is 1. The van der Waals surface area contributed by atoms with Crippen LogP contribution in [0.5, 0.6) is 5.75 Å². The van der Waals surface area contributed by atoms with E-state index in [2.05, 4.69) is 6.58 Å². The summed E-state index contributed by atoms with van der Waals surface area (Å²) in [5, 5.41) is 0.982. The second kappa shape index (κ2) is 4.69. The third-order valence-electron chi connectivity index (χ3n) is 1.85. The Balaban J connectivity index is 3.31. The van der Waals surface area contributed by atoms with Gasteiger partial charge in [0, 0.05) is 10.6 Å². The molecule has 0 aromatic heterocycles. The molecule has 1 rings (SSSR count). The summed E-state index contributed by atoms with van der Waals surface area (Å²) in [6.07, 6.45) is 1.60. The Labute approximate surface area is 93.3 Å². The van der Waals surface area contributed by atoms with Crippen molar-refractivity contribution in [2.24, 2.45) is 5.73 Å². The first-order chi connectivity index (χ1) is 6.60. The largest absolute Gasteiger partial charge is 0.495 e. The molecular weight excluding hydrogens is 221 g/mol. The zero-order valence-corrected chi connectivity index (χ0v) is 9.27. The Hall–Kier alpha value is -0.700. The van der Waals surface area contributed by atoms with Crippen LogP contribution >= 0.6 is 23.2 Å². The highest BCUT2D eigenvalue weighted by Gasteiger charge is 2.13. The average Bonchev–Trinajstić information content (AvgIpc) is 2.15. The fourth-order valence-corrected chi connectivity index (χ4v) is 1.76. The molecule has 0 bridgehead atoms. The quantitative estimate of drug-likeness (QED) is 0.812. The first-order valence-corrected chi connectivity index (χ1v) is 4.76. The SMILES string of the molecule is C=C[C@H](N)c1cc(Cl)cc(Cl)c1OC. The predicted molar refractivity (Wildman–Crippen MR) is 60.1 cm³/mol. The van der Waals surface area contributed by atoms with Gasteiger partial charge >= 0.3 is 0 Å². The van der Waals surface area contributed by atoms with E-state index < -0.39 is 0 Å². The van der Waals surface area contributed by atoms with Crippen LogP contribution in [0, 0.1) is 0 Å². The van der Waals surface area contributed by atoms with Gasteiger partial charge in [-0.05, 0) is 12.1 Å². The molecule has 0 fully saturated rings. The zero-order chi connectivity index (χ0) is 10.7. The Kier molecular flexibility index (Phi) is 3.81. The molecule has 0 aliphatic heterocycles. The maximum absolute atomic E-state index is 5.94. The van der Waals surface area contributed by atoms with E-state index in [9.17, 15) is 0 Å². The highest BCUT2D eigenvalue weighted by Crippen LogP contribution is 2.35. The smallest absolute Gasteiger partial charge is 0.142 e. The molecule has 0 unspecified atom stereocenters. The summed E-state index contributed by atoms with van der Waals surface area (Å²) >= 11 is 11.8. The number of methoxy groups -OCH3 is 1. The first-order valence-electron chi connectivity index (χ1n) is 4.01. The standard InChI is InChI=1S/C10H11Cl2NO/c1-3-9(13)7-4-6(11)5-8(12)10(7)14-2/h3-5,9H,1,13H2,2H3/t9-/m0/s1. The molecule has 76 valence electrons. The normalized spacial score (nSPS) is 12.3. The molecule has 0 saturated carbocycles. The fraction of sp³-hybridized carbons (Fsp3) is 0.200. The summed E-state index contributed by atoms with van der Waals surface area (Å²) in [6.45, 7) is 3.61. The lowest BCUT2D eigenvalue weighted by Crippen LogP contribution is -2.08. The molecular formula is C10H11Cl2NO. The third kappa shape index (κ3) is 2.21. The van der Waals surface area contributed by atoms with Gasteiger partial charge in [-0.2, -0.15) is 0 Å². The van der Waals surface area contributed by atoms with E-state index in [4.69, 9.17) is 33.7 Å². The van der Waals surface area contributed by atoms with Crippen LogP contribution in [0.4, 0.5) is 0 Å². The number of rotatable bonds is 3. The molecule has 0 aliphatic carbocycles. The van der Waals surface area contributed by atoms with Crippen molar-refractivity contribution >= 4 is 23.2 Å². The average molecular weight is 232 g/mol. The molecule has 2 N–H and O–H groups in total. The van der Waals surface area contributed by atoms with Crippen molar-refractivity contribution in [3.05, 3.63) is 40.4 Å². The van der Waals surface area contributed by atoms with Crippen molar-refractivity contribution < 1.29 is 4.74 Å². The van der Waals surface area contributed by atoms with Gasteiger partial charge in [-0.25, -0.2) is 0 Å². The van der Waals surface area contributed by atoms with Crippen molar-refractivity contribution in [1.29, 1.82) is 0 Å². The predicted octanol–water partition coefficient (Wildman–Crippen LogP) is 3.19. The van der Waals surface area contributed by atoms with E-state index in [1.165, 1.54) is 7.11 Å². The lowest BCUT2D eigenvalue weighted by Gasteiger charge is -2.14. The second-order valence-corrected chi connectivity index (χ2v) is 3.62. The number of benzene rings is 1. The van der Waals surface area contributed by atoms with Crippen LogP contribution in [0.25, 0.3) is 0 Å². The molecule has 2 nitrogen and oxygen atoms in total. The zero-order valence-electron chi connectivity index (χ0n) is 7.76. The number of hydrogen-bond acceptors (Lipinski definition) is 2. The van der Waals surface area contributed by atoms with Gasteiger partial charge in [0.1, 0.15) is 5.75 Å². The monoisotopic (exact) mass is 231 g/mol. The van der Waals surface area contributed by atoms with Gasteiger partial charge in [-0.15, -0.1) is 6.58 Å². The van der Waals surface area contributed by atoms with E-state index in [0.29, 0.717) is 15.8 Å². The van der Waals surface area contributed by atoms with E-state index in [-0.39, 0.29) is 6.04 Å². The van der Waals surface area contributed by atoms with Crippen molar-refractivity contribution in [3.8, 4) is 5.75 Å². The van der Waals surface area contributed by atoms with Gasteiger partial charge in [0.25, 0.3) is 0 Å². The lowest BCUT2D eigenvalue weighted by molar-refractivity contribution is 0.408. The van der Waals surface area contributed by atoms with Gasteiger partial charge in [-0.1, -0.05) is 29.3 Å². The fourth-order valence-electron chi connectivity index (χ4n) is 1.17. The molecule has 0 aliphatic rings. The van der Waals surface area contributed by atoms with Crippen LogP contribution in [0.3, 0.4) is 0 Å². The van der Waals surface area contributed by atoms with Crippen LogP contribution in [0.1, 0.15) is 11.6 Å². The van der Waals surface area contributed by atoms with Crippen LogP contribution in [-0.4, -0.2) is 7.11 Å². The van der Waals surface area contributed by atoms with E-state index in [0.717, 1.165) is 5.56 Å². The molecule has 14 heavy (non-hydrogen) atoms. The summed E-state index contributed by atoms with van der Waals surface area (Å²) < 4.78 is 5.14. The van der Waals surface area contributed by atoms with Crippen molar-refractivity contribution in [2.45, 2.75) is 6.04 Å². The molecule has 1 aromatic rings. The Morgan fingerprint density at radius 2 is 2.14 bits per heavy atom. The Morgan fingerprint density at radius 3 is 2.64 bits per heavy atom. The summed E-state index contributed by atoms with van der Waals surface area (Å²) in [4.78, 5) is 0. The van der Waals surface area contributed by atoms with E-state index >= 15 is 0 Å². The van der Waals surface area contributed by atoms with Crippen LogP contribution in [0.2, 0.25) is 10.0 Å². The van der Waals surface area contributed by atoms with Crippen LogP contribution in [-0.2, 0) is 0 Å². The maximum Gasteiger partial charge on any atom is 0.142 e. The van der Waals surface area contributed by atoms with E-state index in [1.807, 2.05) is 0 Å². The molecule has 1 aromatic carbocycles. The van der Waals surface area contributed by atoms with Crippen molar-refractivity contribution in [2.75, 3.05) is 7.11 Å². The van der Waals surface area contributed by atoms with Crippen molar-refractivity contribution in [1.82, 2.24) is 0 Å². The molecule has 1 atom stereocenters. The molecule has 4 heteroatoms. The molecule has 0 amide bonds. The molecule has 0 spiro atoms. The first kappa shape index (κ1) is 11.4. The number of nitrogens with two attached hydrogens (primary N) is 1. The molecule has 0 saturated heterocycles. The van der Waals surface area contributed by atoms with E-state index in [1.54, 1.807) is 18.2 Å². The van der Waals surface area contributed by atoms with Gasteiger partial charge in [0.2, 0.25) is 0 Å². The number of ether oxygens (including phenoxy) is 1. The minimum Gasteiger partial charge on any atom is -0.495 e. The highest BCUT2D eigenvalue weighted by molar-refractivity contribution is 6.35. The summed E-state index contributed by atoms with van der Waals surface area (Å²) in [6, 6.07) is 3.00. The maximum atomic E-state index is 5.94. The van der Waals surface area contributed by atoms with Gasteiger partial charge in [0.15, 0.2) is 0 Å². The lowest BCUT2D eigenvalue weighted by atomic mass is 10.1. The summed E-state index contributed by atoms with van der Waals surface area (Å²) in [5.41, 5.74) is 6.53. The van der Waals surface area contributed by atoms with Gasteiger partial charge in [-0.3, -0.25) is 0 Å². The van der Waals surface area contributed by atoms with Gasteiger partial charge in [0.05, 0.1) is 18.2 Å². The van der Waals surface area contributed by atoms with Gasteiger partial charge < -0.3 is 10.5 Å². The topological polar surface area (TPSA) is 35.2 Å². The highest BCUT2D eigenvalue weighted by atomic mass is 35.5. The Bertz CT molecular complexity index is 352. The summed E-state index contributed by atoms with van der Waals surface area (Å²) in [5.74, 6) is 0.545. The third-order valence-corrected chi connectivity index (χ3v) is 2.35.